The number of ether oxygens (including phenoxy) is 1. The van der Waals surface area contributed by atoms with Crippen molar-refractivity contribution in [2.45, 2.75) is 12.1 Å². The molecule has 2 aliphatic rings. The quantitative estimate of drug-likeness (QED) is 0.695. The van der Waals surface area contributed by atoms with Crippen molar-refractivity contribution in [1.29, 1.82) is 0 Å². The Morgan fingerprint density at radius 1 is 1.28 bits per heavy atom. The zero-order valence-corrected chi connectivity index (χ0v) is 16.0. The molecule has 2 aliphatic heterocycles. The number of carbonyl (C=O) groups excluding carboxylic acids is 1. The molecule has 2 fully saturated rings. The summed E-state index contributed by atoms with van der Waals surface area (Å²) in [5.41, 5.74) is 0.724. The molecule has 2 heterocycles. The van der Waals surface area contributed by atoms with Gasteiger partial charge in [0.25, 0.3) is 0 Å². The van der Waals surface area contributed by atoms with Crippen LogP contribution in [0.1, 0.15) is 0 Å². The molecule has 2 saturated heterocycles. The van der Waals surface area contributed by atoms with E-state index < -0.39 is 9.84 Å². The Bertz CT molecular complexity index is 809. The highest BCUT2D eigenvalue weighted by molar-refractivity contribution is 7.91. The number of likely N-dealkylation sites (N-methyl/N-ethyl adjacent to an activating group) is 1. The van der Waals surface area contributed by atoms with Gasteiger partial charge in [-0.3, -0.25) is 4.79 Å². The fourth-order valence-electron chi connectivity index (χ4n) is 3.36. The van der Waals surface area contributed by atoms with E-state index in [-0.39, 0.29) is 36.0 Å². The first kappa shape index (κ1) is 17.9. The number of hydrogen-bond donors (Lipinski definition) is 0. The van der Waals surface area contributed by atoms with E-state index in [1.54, 1.807) is 26.1 Å². The molecule has 136 valence electrons. The van der Waals surface area contributed by atoms with Crippen molar-refractivity contribution in [3.63, 3.8) is 0 Å². The molecular weight excluding hydrogens is 362 g/mol. The Labute approximate surface area is 153 Å². The first-order valence-corrected chi connectivity index (χ1v) is 10.1. The van der Waals surface area contributed by atoms with Gasteiger partial charge in [-0.2, -0.15) is 0 Å². The molecule has 1 aromatic carbocycles. The van der Waals surface area contributed by atoms with Gasteiger partial charge in [-0.25, -0.2) is 8.42 Å². The van der Waals surface area contributed by atoms with Crippen molar-refractivity contribution >= 4 is 38.8 Å². The molecule has 0 aliphatic carbocycles. The van der Waals surface area contributed by atoms with Gasteiger partial charge in [0.15, 0.2) is 14.9 Å². The van der Waals surface area contributed by atoms with Crippen molar-refractivity contribution in [1.82, 2.24) is 9.80 Å². The monoisotopic (exact) mass is 383 g/mol. The molecule has 0 bridgehead atoms. The van der Waals surface area contributed by atoms with Crippen molar-refractivity contribution in [3.05, 3.63) is 24.3 Å². The number of benzene rings is 1. The molecule has 7 nitrogen and oxygen atoms in total. The lowest BCUT2D eigenvalue weighted by molar-refractivity contribution is -0.129. The fourth-order valence-corrected chi connectivity index (χ4v) is 5.74. The Morgan fingerprint density at radius 2 is 1.92 bits per heavy atom. The summed E-state index contributed by atoms with van der Waals surface area (Å²) < 4.78 is 29.9. The van der Waals surface area contributed by atoms with E-state index in [0.29, 0.717) is 10.9 Å². The lowest BCUT2D eigenvalue weighted by atomic mass is 10.1. The van der Waals surface area contributed by atoms with Crippen LogP contribution < -0.4 is 9.64 Å². The number of para-hydroxylation sites is 2. The van der Waals surface area contributed by atoms with Crippen LogP contribution in [0.5, 0.6) is 5.75 Å². The number of carbonyl (C=O) groups is 1. The van der Waals surface area contributed by atoms with E-state index in [4.69, 9.17) is 17.0 Å². The van der Waals surface area contributed by atoms with Crippen LogP contribution in [0.2, 0.25) is 0 Å². The zero-order valence-electron chi connectivity index (χ0n) is 14.4. The number of sulfone groups is 1. The van der Waals surface area contributed by atoms with Crippen LogP contribution in [0.3, 0.4) is 0 Å². The second-order valence-corrected chi connectivity index (χ2v) is 8.97. The van der Waals surface area contributed by atoms with Crippen LogP contribution in [-0.4, -0.2) is 80.6 Å². The van der Waals surface area contributed by atoms with Crippen LogP contribution in [0.25, 0.3) is 0 Å². The normalized spacial score (nSPS) is 24.4. The Kier molecular flexibility index (Phi) is 4.63. The molecule has 0 spiro atoms. The van der Waals surface area contributed by atoms with Gasteiger partial charge < -0.3 is 19.4 Å². The molecule has 2 atom stereocenters. The maximum absolute atomic E-state index is 12.2. The first-order valence-electron chi connectivity index (χ1n) is 7.88. The highest BCUT2D eigenvalue weighted by Crippen LogP contribution is 2.39. The summed E-state index contributed by atoms with van der Waals surface area (Å²) in [6, 6.07) is 6.72. The summed E-state index contributed by atoms with van der Waals surface area (Å²) in [6.07, 6.45) is 0. The number of nitrogens with zero attached hydrogens (tertiary/aromatic N) is 3. The van der Waals surface area contributed by atoms with Gasteiger partial charge in [0.1, 0.15) is 5.75 Å². The van der Waals surface area contributed by atoms with Crippen molar-refractivity contribution in [3.8, 4) is 5.75 Å². The molecule has 1 aromatic rings. The predicted octanol–water partition coefficient (Wildman–Crippen LogP) is 0.356. The molecular formula is C16H21N3O4S2. The van der Waals surface area contributed by atoms with E-state index in [1.165, 1.54) is 4.90 Å². The molecule has 0 radical (unpaired) electrons. The largest absolute Gasteiger partial charge is 0.495 e. The number of anilines is 1. The second kappa shape index (κ2) is 6.45. The molecule has 0 N–H and O–H groups in total. The first-order chi connectivity index (χ1) is 11.7. The lowest BCUT2D eigenvalue weighted by Crippen LogP contribution is -2.44. The number of methoxy groups -OCH3 is 1. The third-order valence-electron chi connectivity index (χ3n) is 4.63. The summed E-state index contributed by atoms with van der Waals surface area (Å²) >= 11 is 5.62. The topological polar surface area (TPSA) is 70.2 Å². The summed E-state index contributed by atoms with van der Waals surface area (Å²) in [7, 11) is 1.71. The van der Waals surface area contributed by atoms with Crippen LogP contribution in [0.4, 0.5) is 5.69 Å². The summed E-state index contributed by atoms with van der Waals surface area (Å²) in [5.74, 6) is 0.521. The SMILES string of the molecule is COc1ccccc1N1C(=S)N(CC(=O)N(C)C)C2CS(=O)(=O)CC21. The second-order valence-electron chi connectivity index (χ2n) is 6.45. The van der Waals surface area contributed by atoms with Crippen molar-refractivity contribution in [2.24, 2.45) is 0 Å². The zero-order chi connectivity index (χ0) is 18.4. The number of thiocarbonyl (C=S) groups is 1. The maximum atomic E-state index is 12.2. The number of fused-ring (bicyclic) bond motifs is 1. The number of hydrogen-bond acceptors (Lipinski definition) is 5. The molecule has 3 rings (SSSR count). The summed E-state index contributed by atoms with van der Waals surface area (Å²) in [5, 5.41) is 0.463. The van der Waals surface area contributed by atoms with Crippen LogP contribution in [0, 0.1) is 0 Å². The van der Waals surface area contributed by atoms with Crippen LogP contribution in [0.15, 0.2) is 24.3 Å². The Hall–Kier alpha value is -1.87. The third-order valence-corrected chi connectivity index (χ3v) is 6.76. The predicted molar refractivity (Wildman–Crippen MR) is 99.7 cm³/mol. The maximum Gasteiger partial charge on any atom is 0.241 e. The van der Waals surface area contributed by atoms with Gasteiger partial charge in [0, 0.05) is 14.1 Å². The minimum Gasteiger partial charge on any atom is -0.495 e. The van der Waals surface area contributed by atoms with Gasteiger partial charge in [0.2, 0.25) is 5.91 Å². The smallest absolute Gasteiger partial charge is 0.241 e. The summed E-state index contributed by atoms with van der Waals surface area (Å²) in [6.45, 7) is 0.0637. The summed E-state index contributed by atoms with van der Waals surface area (Å²) in [4.78, 5) is 17.2. The van der Waals surface area contributed by atoms with Gasteiger partial charge in [-0.1, -0.05) is 12.1 Å². The average molecular weight is 383 g/mol. The van der Waals surface area contributed by atoms with Gasteiger partial charge in [-0.05, 0) is 24.4 Å². The molecule has 1 amide bonds. The van der Waals surface area contributed by atoms with E-state index in [9.17, 15) is 13.2 Å². The van der Waals surface area contributed by atoms with E-state index in [1.807, 2.05) is 29.2 Å². The standard InChI is InChI=1S/C16H21N3O4S2/c1-17(2)15(20)8-18-12-9-25(21,22)10-13(12)19(16(18)24)11-6-4-5-7-14(11)23-3/h4-7,12-13H,8-10H2,1-3H3. The highest BCUT2D eigenvalue weighted by Gasteiger charge is 2.52. The minimum atomic E-state index is -3.19. The molecule has 25 heavy (non-hydrogen) atoms. The third kappa shape index (κ3) is 3.18. The van der Waals surface area contributed by atoms with Crippen LogP contribution >= 0.6 is 12.2 Å². The van der Waals surface area contributed by atoms with E-state index in [2.05, 4.69) is 0 Å². The Morgan fingerprint density at radius 3 is 2.56 bits per heavy atom. The van der Waals surface area contributed by atoms with Gasteiger partial charge in [-0.15, -0.1) is 0 Å². The molecule has 9 heteroatoms. The highest BCUT2D eigenvalue weighted by atomic mass is 32.2. The molecule has 2 unspecified atom stereocenters. The fraction of sp³-hybridized carbons (Fsp3) is 0.500. The lowest BCUT2D eigenvalue weighted by Gasteiger charge is -2.27. The minimum absolute atomic E-state index is 0.00413. The van der Waals surface area contributed by atoms with E-state index >= 15 is 0 Å². The number of rotatable bonds is 4. The van der Waals surface area contributed by atoms with Crippen molar-refractivity contribution in [2.75, 3.05) is 44.2 Å². The van der Waals surface area contributed by atoms with E-state index in [0.717, 1.165) is 5.69 Å². The molecule has 0 saturated carbocycles. The molecule has 0 aromatic heterocycles. The Balaban J connectivity index is 2.01. The van der Waals surface area contributed by atoms with Crippen LogP contribution in [-0.2, 0) is 14.6 Å². The average Bonchev–Trinajstić information content (AvgIpc) is 2.98. The van der Waals surface area contributed by atoms with Crippen molar-refractivity contribution < 1.29 is 17.9 Å². The van der Waals surface area contributed by atoms with Gasteiger partial charge in [0.05, 0.1) is 42.9 Å². The number of amides is 1. The van der Waals surface area contributed by atoms with Gasteiger partial charge >= 0.3 is 0 Å².